The van der Waals surface area contributed by atoms with Crippen molar-refractivity contribution < 1.29 is 23.4 Å². The molecule has 0 saturated heterocycles. The summed E-state index contributed by atoms with van der Waals surface area (Å²) in [5, 5.41) is 17.7. The van der Waals surface area contributed by atoms with Crippen molar-refractivity contribution in [3.05, 3.63) is 0 Å². The number of rotatable bonds is 6. The van der Waals surface area contributed by atoms with Crippen molar-refractivity contribution in [2.45, 2.75) is 50.7 Å². The first-order chi connectivity index (χ1) is 7.89. The zero-order valence-electron chi connectivity index (χ0n) is 9.63. The predicted molar refractivity (Wildman–Crippen MR) is 62.1 cm³/mol. The Morgan fingerprint density at radius 3 is 2.35 bits per heavy atom. The quantitative estimate of drug-likeness (QED) is 0.630. The Balaban J connectivity index is 2.31. The maximum absolute atomic E-state index is 11.6. The number of sulfonamides is 1. The summed E-state index contributed by atoms with van der Waals surface area (Å²) in [4.78, 5) is 10.3. The molecule has 0 atom stereocenters. The molecule has 0 radical (unpaired) electrons. The Kier molecular flexibility index (Phi) is 5.35. The summed E-state index contributed by atoms with van der Waals surface area (Å²) >= 11 is 0. The van der Waals surface area contributed by atoms with Crippen molar-refractivity contribution in [3.63, 3.8) is 0 Å². The number of carbonyl (C=O) groups is 1. The lowest BCUT2D eigenvalue weighted by Crippen LogP contribution is -2.39. The number of carboxylic acids is 1. The fourth-order valence-corrected chi connectivity index (χ4v) is 3.31. The van der Waals surface area contributed by atoms with Gasteiger partial charge in [0.05, 0.1) is 11.9 Å². The van der Waals surface area contributed by atoms with Crippen LogP contribution in [0.1, 0.15) is 38.5 Å². The van der Waals surface area contributed by atoms with E-state index in [1.807, 2.05) is 0 Å². The summed E-state index contributed by atoms with van der Waals surface area (Å²) in [5.41, 5.74) is 0. The summed E-state index contributed by atoms with van der Waals surface area (Å²) in [5.74, 6) is -1.14. The van der Waals surface area contributed by atoms with E-state index in [0.717, 1.165) is 0 Å². The highest BCUT2D eigenvalue weighted by molar-refractivity contribution is 7.89. The third-order valence-corrected chi connectivity index (χ3v) is 4.37. The third-order valence-electron chi connectivity index (χ3n) is 2.85. The fourth-order valence-electron chi connectivity index (χ4n) is 1.92. The number of aliphatic hydroxyl groups excluding tert-OH is 1. The smallest absolute Gasteiger partial charge is 0.303 e. The molecule has 0 unspecified atom stereocenters. The first-order valence-corrected chi connectivity index (χ1v) is 7.44. The molecule has 0 aromatic carbocycles. The van der Waals surface area contributed by atoms with E-state index in [9.17, 15) is 18.3 Å². The summed E-state index contributed by atoms with van der Waals surface area (Å²) < 4.78 is 25.7. The predicted octanol–water partition coefficient (Wildman–Crippen LogP) is 0.0741. The van der Waals surface area contributed by atoms with Gasteiger partial charge in [0.25, 0.3) is 0 Å². The second kappa shape index (κ2) is 6.32. The highest BCUT2D eigenvalue weighted by Crippen LogP contribution is 2.19. The van der Waals surface area contributed by atoms with Crippen molar-refractivity contribution >= 4 is 16.0 Å². The van der Waals surface area contributed by atoms with Crippen molar-refractivity contribution in [2.75, 3.05) is 5.75 Å². The third kappa shape index (κ3) is 5.99. The van der Waals surface area contributed by atoms with Crippen LogP contribution in [0.5, 0.6) is 0 Å². The molecular formula is C10H19NO5S. The van der Waals surface area contributed by atoms with Crippen LogP contribution < -0.4 is 4.72 Å². The van der Waals surface area contributed by atoms with E-state index < -0.39 is 16.0 Å². The van der Waals surface area contributed by atoms with Crippen LogP contribution in [0.3, 0.4) is 0 Å². The minimum absolute atomic E-state index is 0.117. The van der Waals surface area contributed by atoms with Crippen LogP contribution in [0.2, 0.25) is 0 Å². The van der Waals surface area contributed by atoms with E-state index in [1.54, 1.807) is 0 Å². The van der Waals surface area contributed by atoms with Crippen molar-refractivity contribution in [2.24, 2.45) is 0 Å². The van der Waals surface area contributed by atoms with Gasteiger partial charge in [0.2, 0.25) is 10.0 Å². The van der Waals surface area contributed by atoms with E-state index in [0.29, 0.717) is 25.7 Å². The van der Waals surface area contributed by atoms with Crippen LogP contribution in [-0.4, -0.2) is 42.5 Å². The Morgan fingerprint density at radius 1 is 1.24 bits per heavy atom. The summed E-state index contributed by atoms with van der Waals surface area (Å²) in [6.45, 7) is 0. The first-order valence-electron chi connectivity index (χ1n) is 5.79. The highest BCUT2D eigenvalue weighted by Gasteiger charge is 2.23. The van der Waals surface area contributed by atoms with Crippen LogP contribution >= 0.6 is 0 Å². The molecule has 0 spiro atoms. The topological polar surface area (TPSA) is 104 Å². The molecule has 0 aromatic rings. The van der Waals surface area contributed by atoms with Gasteiger partial charge in [0.1, 0.15) is 0 Å². The van der Waals surface area contributed by atoms with Crippen LogP contribution in [0.4, 0.5) is 0 Å². The van der Waals surface area contributed by atoms with Gasteiger partial charge in [0.15, 0.2) is 0 Å². The van der Waals surface area contributed by atoms with Crippen LogP contribution in [0.15, 0.2) is 0 Å². The van der Waals surface area contributed by atoms with Gasteiger partial charge in [-0.1, -0.05) is 0 Å². The highest BCUT2D eigenvalue weighted by atomic mass is 32.2. The number of nitrogens with one attached hydrogen (secondary N) is 1. The second-order valence-corrected chi connectivity index (χ2v) is 6.31. The molecule has 0 aliphatic heterocycles. The Morgan fingerprint density at radius 2 is 1.82 bits per heavy atom. The van der Waals surface area contributed by atoms with E-state index in [4.69, 9.17) is 5.11 Å². The van der Waals surface area contributed by atoms with E-state index in [-0.39, 0.29) is 30.7 Å². The average molecular weight is 265 g/mol. The van der Waals surface area contributed by atoms with Gasteiger partial charge in [-0.05, 0) is 32.1 Å². The molecule has 6 nitrogen and oxygen atoms in total. The van der Waals surface area contributed by atoms with Gasteiger partial charge in [-0.2, -0.15) is 0 Å². The molecular weight excluding hydrogens is 246 g/mol. The lowest BCUT2D eigenvalue weighted by atomic mass is 9.94. The van der Waals surface area contributed by atoms with Gasteiger partial charge in [0, 0.05) is 12.5 Å². The molecule has 1 rings (SSSR count). The molecule has 0 heterocycles. The maximum atomic E-state index is 11.6. The zero-order valence-corrected chi connectivity index (χ0v) is 10.4. The van der Waals surface area contributed by atoms with Gasteiger partial charge >= 0.3 is 5.97 Å². The molecule has 3 N–H and O–H groups in total. The average Bonchev–Trinajstić information content (AvgIpc) is 2.20. The molecule has 1 fully saturated rings. The Labute approximate surface area is 101 Å². The molecule has 0 amide bonds. The molecule has 1 aliphatic carbocycles. The minimum Gasteiger partial charge on any atom is -0.481 e. The molecule has 7 heteroatoms. The van der Waals surface area contributed by atoms with Crippen molar-refractivity contribution in [3.8, 4) is 0 Å². The van der Waals surface area contributed by atoms with Crippen molar-refractivity contribution in [1.29, 1.82) is 0 Å². The Hall–Kier alpha value is -0.660. The molecule has 17 heavy (non-hydrogen) atoms. The number of aliphatic carboxylic acids is 1. The van der Waals surface area contributed by atoms with Gasteiger partial charge in [-0.15, -0.1) is 0 Å². The molecule has 1 aliphatic rings. The van der Waals surface area contributed by atoms with Crippen LogP contribution in [0, 0.1) is 0 Å². The number of hydrogen-bond acceptors (Lipinski definition) is 4. The van der Waals surface area contributed by atoms with Crippen molar-refractivity contribution in [1.82, 2.24) is 4.72 Å². The van der Waals surface area contributed by atoms with E-state index >= 15 is 0 Å². The van der Waals surface area contributed by atoms with E-state index in [2.05, 4.69) is 4.72 Å². The van der Waals surface area contributed by atoms with Crippen LogP contribution in [0.25, 0.3) is 0 Å². The largest absolute Gasteiger partial charge is 0.481 e. The first kappa shape index (κ1) is 14.4. The Bertz CT molecular complexity index is 346. The lowest BCUT2D eigenvalue weighted by Gasteiger charge is -2.25. The number of hydrogen-bond donors (Lipinski definition) is 3. The normalized spacial score (nSPS) is 25.7. The fraction of sp³-hybridized carbons (Fsp3) is 0.900. The molecule has 1 saturated carbocycles. The van der Waals surface area contributed by atoms with Gasteiger partial charge < -0.3 is 10.2 Å². The SMILES string of the molecule is O=C(O)CCCS(=O)(=O)NC1CCC(O)CC1. The zero-order chi connectivity index (χ0) is 12.9. The standard InChI is InChI=1S/C10H19NO5S/c12-9-5-3-8(4-6-9)11-17(15,16)7-1-2-10(13)14/h8-9,11-12H,1-7H2,(H,13,14). The van der Waals surface area contributed by atoms with Gasteiger partial charge in [-0.3, -0.25) is 4.79 Å². The van der Waals surface area contributed by atoms with Gasteiger partial charge in [-0.25, -0.2) is 13.1 Å². The number of carboxylic acid groups (broad SMARTS) is 1. The monoisotopic (exact) mass is 265 g/mol. The molecule has 0 aromatic heterocycles. The number of aliphatic hydroxyl groups is 1. The molecule has 100 valence electrons. The summed E-state index contributed by atoms with van der Waals surface area (Å²) in [6, 6.07) is -0.117. The summed E-state index contributed by atoms with van der Waals surface area (Å²) in [7, 11) is -3.39. The van der Waals surface area contributed by atoms with Crippen LogP contribution in [-0.2, 0) is 14.8 Å². The second-order valence-electron chi connectivity index (χ2n) is 4.44. The summed E-state index contributed by atoms with van der Waals surface area (Å²) in [6.07, 6.45) is 2.18. The maximum Gasteiger partial charge on any atom is 0.303 e. The molecule has 0 bridgehead atoms. The van der Waals surface area contributed by atoms with E-state index in [1.165, 1.54) is 0 Å². The lowest BCUT2D eigenvalue weighted by molar-refractivity contribution is -0.137. The minimum atomic E-state index is -3.39.